The molecule has 0 aliphatic heterocycles. The largest absolute Gasteiger partial charge is 0.0719 e. The molecule has 0 aliphatic rings. The molecule has 6 radical (unpaired) electrons. The summed E-state index contributed by atoms with van der Waals surface area (Å²) in [6, 6.07) is 2.13. The Bertz CT molecular complexity index is 264. The molecule has 0 nitrogen and oxygen atoms in total. The molecular weight excluding hydrogens is 164 g/mol. The minimum atomic E-state index is 1.18. The molecule has 0 amide bonds. The minimum Gasteiger partial charge on any atom is -0.0640 e. The number of hydrogen-bond acceptors (Lipinski definition) is 0. The second-order valence-electron chi connectivity index (χ2n) is 2.87. The highest BCUT2D eigenvalue weighted by Gasteiger charge is 2.02. The quantitative estimate of drug-likeness (QED) is 0.493. The number of hydrogen-bond donors (Lipinski definition) is 0. The first-order valence-electron chi connectivity index (χ1n) is 3.58. The van der Waals surface area contributed by atoms with Crippen molar-refractivity contribution >= 4 is 30.9 Å². The van der Waals surface area contributed by atoms with E-state index in [9.17, 15) is 0 Å². The van der Waals surface area contributed by atoms with Crippen molar-refractivity contribution in [3.05, 3.63) is 22.8 Å². The summed E-state index contributed by atoms with van der Waals surface area (Å²) in [5, 5.41) is 2.39. The van der Waals surface area contributed by atoms with Gasteiger partial charge in [0.05, 0.1) is 20.5 Å². The summed E-state index contributed by atoms with van der Waals surface area (Å²) in [6.07, 6.45) is 0. The molecule has 0 N–H and O–H groups in total. The minimum absolute atomic E-state index is 1.18. The van der Waals surface area contributed by atoms with Crippen LogP contribution < -0.4 is 10.4 Å². The standard InChI is InChI=1S/C9H10Si2/c1-5-4-8(10)6(2)7(3)9(5)11/h4H,1-3H3. The van der Waals surface area contributed by atoms with Crippen LogP contribution in [0.2, 0.25) is 0 Å². The van der Waals surface area contributed by atoms with E-state index < -0.39 is 0 Å². The van der Waals surface area contributed by atoms with Crippen LogP contribution in [-0.4, -0.2) is 20.5 Å². The lowest BCUT2D eigenvalue weighted by Gasteiger charge is -2.10. The molecule has 54 valence electrons. The van der Waals surface area contributed by atoms with E-state index in [0.717, 1.165) is 0 Å². The van der Waals surface area contributed by atoms with Crippen molar-refractivity contribution in [1.29, 1.82) is 0 Å². The van der Waals surface area contributed by atoms with Gasteiger partial charge >= 0.3 is 0 Å². The van der Waals surface area contributed by atoms with E-state index in [1.165, 1.54) is 27.1 Å². The highest BCUT2D eigenvalue weighted by molar-refractivity contribution is 6.38. The summed E-state index contributed by atoms with van der Waals surface area (Å²) < 4.78 is 0. The van der Waals surface area contributed by atoms with Crippen LogP contribution in [0.5, 0.6) is 0 Å². The first-order valence-corrected chi connectivity index (χ1v) is 4.58. The molecule has 0 bridgehead atoms. The highest BCUT2D eigenvalue weighted by atomic mass is 28.1. The molecule has 0 spiro atoms. The SMILES string of the molecule is Cc1cc([Si])c(C)c(C)c1[Si]. The van der Waals surface area contributed by atoms with Crippen molar-refractivity contribution in [3.8, 4) is 0 Å². The van der Waals surface area contributed by atoms with Crippen molar-refractivity contribution in [2.45, 2.75) is 20.8 Å². The maximum absolute atomic E-state index is 3.59. The lowest BCUT2D eigenvalue weighted by molar-refractivity contribution is 1.36. The number of aryl methyl sites for hydroxylation is 1. The van der Waals surface area contributed by atoms with E-state index in [4.69, 9.17) is 0 Å². The van der Waals surface area contributed by atoms with Crippen LogP contribution in [0.25, 0.3) is 0 Å². The van der Waals surface area contributed by atoms with Gasteiger partial charge in [0.2, 0.25) is 0 Å². The van der Waals surface area contributed by atoms with Crippen molar-refractivity contribution in [1.82, 2.24) is 0 Å². The smallest absolute Gasteiger partial charge is 0.0640 e. The topological polar surface area (TPSA) is 0 Å². The summed E-state index contributed by atoms with van der Waals surface area (Å²) in [5.74, 6) is 0. The fraction of sp³-hybridized carbons (Fsp3) is 0.333. The fourth-order valence-corrected chi connectivity index (χ4v) is 1.75. The van der Waals surface area contributed by atoms with Gasteiger partial charge in [-0.3, -0.25) is 0 Å². The zero-order valence-electron chi connectivity index (χ0n) is 7.08. The maximum atomic E-state index is 3.59. The lowest BCUT2D eigenvalue weighted by Crippen LogP contribution is -2.21. The average Bonchev–Trinajstić information content (AvgIpc) is 1.97. The van der Waals surface area contributed by atoms with Crippen molar-refractivity contribution < 1.29 is 0 Å². The summed E-state index contributed by atoms with van der Waals surface area (Å²) in [5.41, 5.74) is 3.89. The van der Waals surface area contributed by atoms with Crippen molar-refractivity contribution in [2.75, 3.05) is 0 Å². The zero-order valence-corrected chi connectivity index (χ0v) is 9.08. The van der Waals surface area contributed by atoms with Crippen molar-refractivity contribution in [3.63, 3.8) is 0 Å². The van der Waals surface area contributed by atoms with Crippen LogP contribution in [-0.2, 0) is 0 Å². The summed E-state index contributed by atoms with van der Waals surface area (Å²) in [4.78, 5) is 0. The molecule has 0 saturated heterocycles. The van der Waals surface area contributed by atoms with E-state index in [0.29, 0.717) is 0 Å². The number of rotatable bonds is 0. The molecule has 0 heterocycles. The molecule has 1 aromatic rings. The number of benzene rings is 1. The van der Waals surface area contributed by atoms with Gasteiger partial charge in [-0.05, 0) is 31.9 Å². The Kier molecular flexibility index (Phi) is 2.35. The molecule has 0 aromatic heterocycles. The average molecular weight is 174 g/mol. The predicted molar refractivity (Wildman–Crippen MR) is 51.4 cm³/mol. The Balaban J connectivity index is 3.46. The molecule has 11 heavy (non-hydrogen) atoms. The molecule has 0 fully saturated rings. The molecule has 0 aliphatic carbocycles. The summed E-state index contributed by atoms with van der Waals surface area (Å²) >= 11 is 0. The van der Waals surface area contributed by atoms with E-state index >= 15 is 0 Å². The second-order valence-corrected chi connectivity index (χ2v) is 3.90. The summed E-state index contributed by atoms with van der Waals surface area (Å²) in [6.45, 7) is 6.33. The monoisotopic (exact) mass is 174 g/mol. The van der Waals surface area contributed by atoms with E-state index in [2.05, 4.69) is 47.3 Å². The Morgan fingerprint density at radius 2 is 1.55 bits per heavy atom. The third kappa shape index (κ3) is 1.46. The molecule has 1 rings (SSSR count). The Morgan fingerprint density at radius 3 is 2.09 bits per heavy atom. The molecular formula is C9H10Si2. The molecule has 0 atom stereocenters. The third-order valence-electron chi connectivity index (χ3n) is 2.10. The van der Waals surface area contributed by atoms with Crippen LogP contribution in [0.3, 0.4) is 0 Å². The molecule has 1 aromatic carbocycles. The van der Waals surface area contributed by atoms with Gasteiger partial charge < -0.3 is 0 Å². The third-order valence-corrected chi connectivity index (χ3v) is 3.39. The fourth-order valence-electron chi connectivity index (χ4n) is 1.08. The van der Waals surface area contributed by atoms with Gasteiger partial charge in [0.1, 0.15) is 0 Å². The van der Waals surface area contributed by atoms with Gasteiger partial charge in [-0.25, -0.2) is 0 Å². The first-order chi connectivity index (χ1) is 5.04. The van der Waals surface area contributed by atoms with Crippen LogP contribution in [0.1, 0.15) is 16.7 Å². The molecule has 2 heteroatoms. The molecule has 0 unspecified atom stereocenters. The van der Waals surface area contributed by atoms with E-state index in [-0.39, 0.29) is 0 Å². The van der Waals surface area contributed by atoms with Gasteiger partial charge in [0.15, 0.2) is 0 Å². The van der Waals surface area contributed by atoms with Crippen LogP contribution in [0.4, 0.5) is 0 Å². The zero-order chi connectivity index (χ0) is 8.59. The normalized spacial score (nSPS) is 10.3. The van der Waals surface area contributed by atoms with Crippen LogP contribution in [0.15, 0.2) is 6.07 Å². The lowest BCUT2D eigenvalue weighted by atomic mass is 10.1. The maximum Gasteiger partial charge on any atom is 0.0719 e. The summed E-state index contributed by atoms with van der Waals surface area (Å²) in [7, 11) is 7.15. The predicted octanol–water partition coefficient (Wildman–Crippen LogP) is 0.199. The van der Waals surface area contributed by atoms with Crippen LogP contribution in [0, 0.1) is 20.8 Å². The first kappa shape index (κ1) is 8.75. The van der Waals surface area contributed by atoms with Gasteiger partial charge in [0, 0.05) is 0 Å². The Labute approximate surface area is 74.9 Å². The molecule has 0 saturated carbocycles. The van der Waals surface area contributed by atoms with Gasteiger partial charge in [0.25, 0.3) is 0 Å². The van der Waals surface area contributed by atoms with E-state index in [1.54, 1.807) is 0 Å². The van der Waals surface area contributed by atoms with Crippen molar-refractivity contribution in [2.24, 2.45) is 0 Å². The van der Waals surface area contributed by atoms with Crippen LogP contribution >= 0.6 is 0 Å². The second kappa shape index (κ2) is 2.95. The highest BCUT2D eigenvalue weighted by Crippen LogP contribution is 2.01. The Hall–Kier alpha value is -0.346. The van der Waals surface area contributed by atoms with Gasteiger partial charge in [-0.2, -0.15) is 0 Å². The van der Waals surface area contributed by atoms with E-state index in [1.807, 2.05) is 0 Å². The van der Waals surface area contributed by atoms with Gasteiger partial charge in [-0.1, -0.05) is 22.0 Å². The Morgan fingerprint density at radius 1 is 1.00 bits per heavy atom. The van der Waals surface area contributed by atoms with Gasteiger partial charge in [-0.15, -0.1) is 0 Å².